The van der Waals surface area contributed by atoms with Crippen LogP contribution in [0.5, 0.6) is 5.75 Å². The van der Waals surface area contributed by atoms with E-state index in [1.807, 2.05) is 12.1 Å². The first kappa shape index (κ1) is 17.4. The Balaban J connectivity index is 1.46. The van der Waals surface area contributed by atoms with Crippen LogP contribution in [0.4, 0.5) is 5.69 Å². The predicted molar refractivity (Wildman–Crippen MR) is 101 cm³/mol. The third kappa shape index (κ3) is 3.46. The van der Waals surface area contributed by atoms with Crippen LogP contribution in [-0.2, 0) is 4.79 Å². The van der Waals surface area contributed by atoms with E-state index in [2.05, 4.69) is 10.3 Å². The SMILES string of the molecule is COc1ccc(N2C[C@H](NC(=O)c3cn4cc(Cl)ccc4n3)CC2=O)cc1. The third-order valence-corrected chi connectivity index (χ3v) is 4.72. The Morgan fingerprint density at radius 2 is 2.00 bits per heavy atom. The molecule has 0 unspecified atom stereocenters. The summed E-state index contributed by atoms with van der Waals surface area (Å²) in [6.45, 7) is 0.413. The fraction of sp³-hybridized carbons (Fsp3) is 0.211. The van der Waals surface area contributed by atoms with E-state index in [4.69, 9.17) is 16.3 Å². The topological polar surface area (TPSA) is 75.9 Å². The highest BCUT2D eigenvalue weighted by Crippen LogP contribution is 2.24. The van der Waals surface area contributed by atoms with E-state index in [-0.39, 0.29) is 30.0 Å². The molecule has 1 atom stereocenters. The maximum absolute atomic E-state index is 12.5. The molecule has 1 aromatic carbocycles. The van der Waals surface area contributed by atoms with E-state index in [1.165, 1.54) is 0 Å². The Hall–Kier alpha value is -3.06. The molecule has 0 aliphatic carbocycles. The highest BCUT2D eigenvalue weighted by Gasteiger charge is 2.32. The van der Waals surface area contributed by atoms with Crippen LogP contribution in [0.15, 0.2) is 48.8 Å². The molecule has 27 heavy (non-hydrogen) atoms. The van der Waals surface area contributed by atoms with Crippen LogP contribution in [-0.4, -0.2) is 40.9 Å². The van der Waals surface area contributed by atoms with Gasteiger partial charge in [-0.05, 0) is 36.4 Å². The lowest BCUT2D eigenvalue weighted by molar-refractivity contribution is -0.117. The van der Waals surface area contributed by atoms with Crippen molar-refractivity contribution in [3.63, 3.8) is 0 Å². The number of benzene rings is 1. The van der Waals surface area contributed by atoms with Gasteiger partial charge in [-0.2, -0.15) is 0 Å². The van der Waals surface area contributed by atoms with Crippen molar-refractivity contribution >= 4 is 34.7 Å². The number of hydrogen-bond donors (Lipinski definition) is 1. The fourth-order valence-electron chi connectivity index (χ4n) is 3.15. The normalized spacial score (nSPS) is 16.7. The first-order valence-corrected chi connectivity index (χ1v) is 8.81. The molecule has 138 valence electrons. The molecule has 4 rings (SSSR count). The number of aromatic nitrogens is 2. The molecule has 0 spiro atoms. The Kier molecular flexibility index (Phi) is 4.45. The number of fused-ring (bicyclic) bond motifs is 1. The average Bonchev–Trinajstić information content (AvgIpc) is 3.24. The van der Waals surface area contributed by atoms with Crippen molar-refractivity contribution in [3.8, 4) is 5.75 Å². The number of halogens is 1. The molecule has 1 aliphatic rings. The fourth-order valence-corrected chi connectivity index (χ4v) is 3.32. The van der Waals surface area contributed by atoms with Crippen molar-refractivity contribution in [2.75, 3.05) is 18.6 Å². The summed E-state index contributed by atoms with van der Waals surface area (Å²) in [5, 5.41) is 3.45. The van der Waals surface area contributed by atoms with E-state index >= 15 is 0 Å². The Bertz CT molecular complexity index is 1020. The lowest BCUT2D eigenvalue weighted by Crippen LogP contribution is -2.37. The second kappa shape index (κ2) is 6.92. The molecule has 7 nitrogen and oxygen atoms in total. The van der Waals surface area contributed by atoms with Crippen molar-refractivity contribution < 1.29 is 14.3 Å². The van der Waals surface area contributed by atoms with E-state index < -0.39 is 0 Å². The summed E-state index contributed by atoms with van der Waals surface area (Å²) in [6, 6.07) is 10.4. The quantitative estimate of drug-likeness (QED) is 0.750. The first-order chi connectivity index (χ1) is 13.0. The molecular formula is C19H17ClN4O3. The Morgan fingerprint density at radius 3 is 2.74 bits per heavy atom. The van der Waals surface area contributed by atoms with Gasteiger partial charge in [0.2, 0.25) is 5.91 Å². The second-order valence-electron chi connectivity index (χ2n) is 6.32. The number of carbonyl (C=O) groups is 2. The number of nitrogens with one attached hydrogen (secondary N) is 1. The molecule has 3 heterocycles. The van der Waals surface area contributed by atoms with Crippen molar-refractivity contribution in [1.29, 1.82) is 0 Å². The first-order valence-electron chi connectivity index (χ1n) is 8.43. The van der Waals surface area contributed by atoms with Crippen molar-refractivity contribution in [1.82, 2.24) is 14.7 Å². The van der Waals surface area contributed by atoms with Crippen LogP contribution < -0.4 is 15.0 Å². The van der Waals surface area contributed by atoms with E-state index in [0.29, 0.717) is 17.2 Å². The summed E-state index contributed by atoms with van der Waals surface area (Å²) in [5.41, 5.74) is 1.69. The number of pyridine rings is 1. The average molecular weight is 385 g/mol. The predicted octanol–water partition coefficient (Wildman–Crippen LogP) is 2.53. The van der Waals surface area contributed by atoms with Crippen LogP contribution in [0.3, 0.4) is 0 Å². The van der Waals surface area contributed by atoms with Crippen molar-refractivity contribution in [3.05, 3.63) is 59.5 Å². The lowest BCUT2D eigenvalue weighted by atomic mass is 10.2. The standard InChI is InChI=1S/C19H17ClN4O3/c1-27-15-5-3-14(4-6-15)24-10-13(8-18(24)25)21-19(26)16-11-23-9-12(20)2-7-17(23)22-16/h2-7,9,11,13H,8,10H2,1H3,(H,21,26)/t13-/m1/s1. The molecule has 3 aromatic rings. The number of anilines is 1. The zero-order valence-electron chi connectivity index (χ0n) is 14.6. The smallest absolute Gasteiger partial charge is 0.271 e. The van der Waals surface area contributed by atoms with Crippen LogP contribution in [0.1, 0.15) is 16.9 Å². The number of amides is 2. The van der Waals surface area contributed by atoms with Crippen molar-refractivity contribution in [2.45, 2.75) is 12.5 Å². The molecule has 1 saturated heterocycles. The van der Waals surface area contributed by atoms with E-state index in [1.54, 1.807) is 53.1 Å². The number of ether oxygens (including phenoxy) is 1. The summed E-state index contributed by atoms with van der Waals surface area (Å²) in [5.74, 6) is 0.374. The van der Waals surface area contributed by atoms with Gasteiger partial charge in [0, 0.05) is 31.0 Å². The number of methoxy groups -OCH3 is 1. The summed E-state index contributed by atoms with van der Waals surface area (Å²) >= 11 is 5.95. The molecular weight excluding hydrogens is 368 g/mol. The molecule has 1 fully saturated rings. The molecule has 8 heteroatoms. The summed E-state index contributed by atoms with van der Waals surface area (Å²) < 4.78 is 6.83. The van der Waals surface area contributed by atoms with Crippen LogP contribution in [0, 0.1) is 0 Å². The van der Waals surface area contributed by atoms with Gasteiger partial charge in [-0.3, -0.25) is 9.59 Å². The maximum Gasteiger partial charge on any atom is 0.271 e. The van der Waals surface area contributed by atoms with Crippen LogP contribution in [0.2, 0.25) is 5.02 Å². The largest absolute Gasteiger partial charge is 0.497 e. The van der Waals surface area contributed by atoms with Gasteiger partial charge < -0.3 is 19.4 Å². The number of carbonyl (C=O) groups excluding carboxylic acids is 2. The zero-order chi connectivity index (χ0) is 19.0. The molecule has 2 aromatic heterocycles. The van der Waals surface area contributed by atoms with Crippen molar-refractivity contribution in [2.24, 2.45) is 0 Å². The molecule has 0 bridgehead atoms. The zero-order valence-corrected chi connectivity index (χ0v) is 15.3. The number of rotatable bonds is 4. The molecule has 0 radical (unpaired) electrons. The van der Waals surface area contributed by atoms with Gasteiger partial charge in [0.25, 0.3) is 5.91 Å². The molecule has 0 saturated carbocycles. The minimum absolute atomic E-state index is 0.0350. The lowest BCUT2D eigenvalue weighted by Gasteiger charge is -2.17. The highest BCUT2D eigenvalue weighted by atomic mass is 35.5. The Labute approximate surface area is 160 Å². The van der Waals surface area contributed by atoms with Crippen LogP contribution in [0.25, 0.3) is 5.65 Å². The molecule has 2 amide bonds. The second-order valence-corrected chi connectivity index (χ2v) is 6.75. The minimum atomic E-state index is -0.316. The summed E-state index contributed by atoms with van der Waals surface area (Å²) in [6.07, 6.45) is 3.55. The van der Waals surface area contributed by atoms with E-state index in [0.717, 1.165) is 11.4 Å². The Morgan fingerprint density at radius 1 is 1.22 bits per heavy atom. The van der Waals surface area contributed by atoms with Gasteiger partial charge in [0.15, 0.2) is 0 Å². The van der Waals surface area contributed by atoms with Gasteiger partial charge in [-0.15, -0.1) is 0 Å². The van der Waals surface area contributed by atoms with Gasteiger partial charge in [0.1, 0.15) is 17.1 Å². The van der Waals surface area contributed by atoms with E-state index in [9.17, 15) is 9.59 Å². The third-order valence-electron chi connectivity index (χ3n) is 4.49. The number of hydrogen-bond acceptors (Lipinski definition) is 4. The highest BCUT2D eigenvalue weighted by molar-refractivity contribution is 6.30. The molecule has 1 N–H and O–H groups in total. The monoisotopic (exact) mass is 384 g/mol. The summed E-state index contributed by atoms with van der Waals surface area (Å²) in [4.78, 5) is 30.8. The minimum Gasteiger partial charge on any atom is -0.497 e. The number of nitrogens with zero attached hydrogens (tertiary/aromatic N) is 3. The number of imidazole rings is 1. The van der Waals surface area contributed by atoms with Gasteiger partial charge in [-0.25, -0.2) is 4.98 Å². The van der Waals surface area contributed by atoms with Gasteiger partial charge >= 0.3 is 0 Å². The summed E-state index contributed by atoms with van der Waals surface area (Å²) in [7, 11) is 1.59. The molecule has 1 aliphatic heterocycles. The van der Waals surface area contributed by atoms with Crippen LogP contribution >= 0.6 is 11.6 Å². The van der Waals surface area contributed by atoms with Gasteiger partial charge in [0.05, 0.1) is 18.2 Å². The maximum atomic E-state index is 12.5. The van der Waals surface area contributed by atoms with Gasteiger partial charge in [-0.1, -0.05) is 11.6 Å².